The fourth-order valence-corrected chi connectivity index (χ4v) is 2.45. The van der Waals surface area contributed by atoms with E-state index in [1.54, 1.807) is 36.4 Å². The number of amides is 1. The van der Waals surface area contributed by atoms with Gasteiger partial charge in [0.25, 0.3) is 5.91 Å². The van der Waals surface area contributed by atoms with E-state index in [0.717, 1.165) is 16.6 Å². The molecule has 0 saturated heterocycles. The molecule has 2 aromatic carbocycles. The third-order valence-electron chi connectivity index (χ3n) is 3.42. The van der Waals surface area contributed by atoms with Gasteiger partial charge in [-0.2, -0.15) is 5.10 Å². The van der Waals surface area contributed by atoms with Gasteiger partial charge >= 0.3 is 0 Å². The molecular weight excluding hydrogens is 302 g/mol. The van der Waals surface area contributed by atoms with E-state index < -0.39 is 12.0 Å². The van der Waals surface area contributed by atoms with Crippen LogP contribution >= 0.6 is 11.6 Å². The molecule has 1 heterocycles. The summed E-state index contributed by atoms with van der Waals surface area (Å²) in [6.07, 6.45) is -1.28. The number of aromatic amines is 1. The Morgan fingerprint density at radius 3 is 2.91 bits per heavy atom. The molecular formula is C16H14ClN3O2. The number of hydrogen-bond acceptors (Lipinski definition) is 3. The third-order valence-corrected chi connectivity index (χ3v) is 3.66. The van der Waals surface area contributed by atoms with Gasteiger partial charge in [-0.25, -0.2) is 0 Å². The minimum Gasteiger partial charge on any atom is -0.378 e. The van der Waals surface area contributed by atoms with E-state index in [9.17, 15) is 9.90 Å². The maximum atomic E-state index is 12.2. The minimum atomic E-state index is -1.28. The van der Waals surface area contributed by atoms with Crippen LogP contribution in [0.1, 0.15) is 17.4 Å². The lowest BCUT2D eigenvalue weighted by atomic mass is 10.1. The molecule has 3 N–H and O–H groups in total. The zero-order chi connectivity index (χ0) is 15.7. The number of carbonyl (C=O) groups is 1. The van der Waals surface area contributed by atoms with Gasteiger partial charge in [0.1, 0.15) is 0 Å². The van der Waals surface area contributed by atoms with Crippen molar-refractivity contribution in [2.24, 2.45) is 0 Å². The predicted molar refractivity (Wildman–Crippen MR) is 85.9 cm³/mol. The van der Waals surface area contributed by atoms with Gasteiger partial charge in [-0.3, -0.25) is 9.89 Å². The van der Waals surface area contributed by atoms with Crippen LogP contribution in [-0.4, -0.2) is 21.2 Å². The van der Waals surface area contributed by atoms with Gasteiger partial charge in [0.05, 0.1) is 5.52 Å². The lowest BCUT2D eigenvalue weighted by Crippen LogP contribution is -2.20. The number of aliphatic hydroxyl groups excluding tert-OH is 1. The molecule has 0 spiro atoms. The molecule has 5 nitrogen and oxygen atoms in total. The van der Waals surface area contributed by atoms with Crippen molar-refractivity contribution in [3.63, 3.8) is 0 Å². The molecule has 3 rings (SSSR count). The number of rotatable bonds is 3. The molecule has 1 aromatic heterocycles. The number of hydrogen-bond donors (Lipinski definition) is 3. The first-order valence-corrected chi connectivity index (χ1v) is 7.11. The molecule has 112 valence electrons. The smallest absolute Gasteiger partial charge is 0.257 e. The van der Waals surface area contributed by atoms with E-state index in [-0.39, 0.29) is 0 Å². The van der Waals surface area contributed by atoms with E-state index in [0.29, 0.717) is 16.3 Å². The Morgan fingerprint density at radius 2 is 2.14 bits per heavy atom. The van der Waals surface area contributed by atoms with E-state index in [4.69, 9.17) is 11.6 Å². The largest absolute Gasteiger partial charge is 0.378 e. The molecule has 0 bridgehead atoms. The number of nitrogens with one attached hydrogen (secondary N) is 2. The van der Waals surface area contributed by atoms with Crippen molar-refractivity contribution in [2.45, 2.75) is 13.0 Å². The summed E-state index contributed by atoms with van der Waals surface area (Å²) in [7, 11) is 0. The fourth-order valence-electron chi connectivity index (χ4n) is 2.25. The van der Waals surface area contributed by atoms with Crippen LogP contribution in [0.5, 0.6) is 0 Å². The number of anilines is 1. The maximum absolute atomic E-state index is 12.2. The number of aliphatic hydroxyl groups is 1. The Kier molecular flexibility index (Phi) is 3.83. The van der Waals surface area contributed by atoms with Crippen LogP contribution in [-0.2, 0) is 4.79 Å². The first-order valence-electron chi connectivity index (χ1n) is 6.74. The highest BCUT2D eigenvalue weighted by Crippen LogP contribution is 2.22. The van der Waals surface area contributed by atoms with E-state index >= 15 is 0 Å². The number of H-pyrrole nitrogens is 1. The molecule has 0 aliphatic carbocycles. The van der Waals surface area contributed by atoms with E-state index in [1.165, 1.54) is 0 Å². The fraction of sp³-hybridized carbons (Fsp3) is 0.125. The zero-order valence-corrected chi connectivity index (χ0v) is 12.6. The number of carbonyl (C=O) groups excluding carboxylic acids is 1. The Hall–Kier alpha value is -2.37. The van der Waals surface area contributed by atoms with Crippen LogP contribution in [0, 0.1) is 6.92 Å². The average Bonchev–Trinajstić information content (AvgIpc) is 2.87. The lowest BCUT2D eigenvalue weighted by molar-refractivity contribution is -0.124. The SMILES string of the molecule is Cc1[nH]nc2ccc(NC(=O)C(O)c3cccc(Cl)c3)cc12. The summed E-state index contributed by atoms with van der Waals surface area (Å²) in [5.74, 6) is -0.511. The number of nitrogens with zero attached hydrogens (tertiary/aromatic N) is 1. The van der Waals surface area contributed by atoms with Crippen LogP contribution in [0.2, 0.25) is 5.02 Å². The van der Waals surface area contributed by atoms with Crippen molar-refractivity contribution >= 4 is 34.1 Å². The van der Waals surface area contributed by atoms with Crippen LogP contribution in [0.15, 0.2) is 42.5 Å². The summed E-state index contributed by atoms with van der Waals surface area (Å²) in [5.41, 5.74) is 2.79. The summed E-state index contributed by atoms with van der Waals surface area (Å²) in [6.45, 7) is 1.90. The van der Waals surface area contributed by atoms with Crippen molar-refractivity contribution < 1.29 is 9.90 Å². The van der Waals surface area contributed by atoms with Gasteiger partial charge in [-0.15, -0.1) is 0 Å². The summed E-state index contributed by atoms with van der Waals surface area (Å²) < 4.78 is 0. The Bertz CT molecular complexity index is 844. The van der Waals surface area contributed by atoms with Crippen molar-refractivity contribution in [3.8, 4) is 0 Å². The quantitative estimate of drug-likeness (QED) is 0.694. The van der Waals surface area contributed by atoms with Crippen LogP contribution in [0.4, 0.5) is 5.69 Å². The number of benzene rings is 2. The second-order valence-electron chi connectivity index (χ2n) is 5.03. The van der Waals surface area contributed by atoms with Crippen LogP contribution < -0.4 is 5.32 Å². The van der Waals surface area contributed by atoms with Crippen molar-refractivity contribution in [1.29, 1.82) is 0 Å². The Labute approximate surface area is 131 Å². The molecule has 0 radical (unpaired) electrons. The number of fused-ring (bicyclic) bond motifs is 1. The van der Waals surface area contributed by atoms with Crippen molar-refractivity contribution in [3.05, 3.63) is 58.7 Å². The molecule has 0 saturated carbocycles. The maximum Gasteiger partial charge on any atom is 0.257 e. The predicted octanol–water partition coefficient (Wildman–Crippen LogP) is 3.20. The summed E-state index contributed by atoms with van der Waals surface area (Å²) in [4.78, 5) is 12.2. The van der Waals surface area contributed by atoms with Gasteiger partial charge in [0.2, 0.25) is 0 Å². The van der Waals surface area contributed by atoms with Gasteiger partial charge < -0.3 is 10.4 Å². The van der Waals surface area contributed by atoms with Crippen molar-refractivity contribution in [1.82, 2.24) is 10.2 Å². The normalized spacial score (nSPS) is 12.3. The molecule has 0 fully saturated rings. The van der Waals surface area contributed by atoms with Crippen molar-refractivity contribution in [2.75, 3.05) is 5.32 Å². The minimum absolute atomic E-state index is 0.450. The molecule has 6 heteroatoms. The molecule has 0 aliphatic heterocycles. The second kappa shape index (κ2) is 5.79. The molecule has 1 atom stereocenters. The summed E-state index contributed by atoms with van der Waals surface area (Å²) in [5, 5.41) is 21.2. The topological polar surface area (TPSA) is 78.0 Å². The van der Waals surface area contributed by atoms with Crippen LogP contribution in [0.25, 0.3) is 10.9 Å². The Morgan fingerprint density at radius 1 is 1.32 bits per heavy atom. The highest BCUT2D eigenvalue weighted by molar-refractivity contribution is 6.30. The van der Waals surface area contributed by atoms with Crippen LogP contribution in [0.3, 0.4) is 0 Å². The average molecular weight is 316 g/mol. The molecule has 1 amide bonds. The first-order chi connectivity index (χ1) is 10.5. The van der Waals surface area contributed by atoms with Gasteiger partial charge in [-0.05, 0) is 42.8 Å². The van der Waals surface area contributed by atoms with Gasteiger partial charge in [0, 0.05) is 21.8 Å². The van der Waals surface area contributed by atoms with E-state index in [1.807, 2.05) is 13.0 Å². The van der Waals surface area contributed by atoms with E-state index in [2.05, 4.69) is 15.5 Å². The standard InChI is InChI=1S/C16H14ClN3O2/c1-9-13-8-12(5-6-14(13)20-19-9)18-16(22)15(21)10-3-2-4-11(17)7-10/h2-8,15,21H,1H3,(H,18,22)(H,19,20). The number of halogens is 1. The highest BCUT2D eigenvalue weighted by atomic mass is 35.5. The molecule has 0 aliphatic rings. The Balaban J connectivity index is 1.81. The number of aromatic nitrogens is 2. The van der Waals surface area contributed by atoms with Gasteiger partial charge in [0.15, 0.2) is 6.10 Å². The monoisotopic (exact) mass is 315 g/mol. The molecule has 22 heavy (non-hydrogen) atoms. The highest BCUT2D eigenvalue weighted by Gasteiger charge is 2.18. The molecule has 3 aromatic rings. The second-order valence-corrected chi connectivity index (χ2v) is 5.46. The number of aryl methyl sites for hydroxylation is 1. The zero-order valence-electron chi connectivity index (χ0n) is 11.8. The third kappa shape index (κ3) is 2.81. The molecule has 1 unspecified atom stereocenters. The lowest BCUT2D eigenvalue weighted by Gasteiger charge is -2.12. The first kappa shape index (κ1) is 14.6. The summed E-state index contributed by atoms with van der Waals surface area (Å²) in [6, 6.07) is 12.0. The van der Waals surface area contributed by atoms with Gasteiger partial charge in [-0.1, -0.05) is 23.7 Å². The summed E-state index contributed by atoms with van der Waals surface area (Å²) >= 11 is 5.87.